The molecule has 0 aromatic heterocycles. The van der Waals surface area contributed by atoms with E-state index in [0.29, 0.717) is 0 Å². The van der Waals surface area contributed by atoms with Crippen LogP contribution in [-0.4, -0.2) is 30.4 Å². The highest BCUT2D eigenvalue weighted by atomic mass is 32.1. The number of nitroso groups, excluding NO2 is 1. The molecule has 0 aromatic carbocycles. The first-order valence-electron chi connectivity index (χ1n) is 5.67. The fourth-order valence-electron chi connectivity index (χ4n) is 1.73. The van der Waals surface area contributed by atoms with Gasteiger partial charge in [0.25, 0.3) is 5.91 Å². The number of thiol groups is 1. The van der Waals surface area contributed by atoms with Crippen molar-refractivity contribution >= 4 is 24.4 Å². The van der Waals surface area contributed by atoms with Crippen molar-refractivity contribution in [1.82, 2.24) is 5.32 Å². The highest BCUT2D eigenvalue weighted by molar-refractivity contribution is 7.84. The van der Waals surface area contributed by atoms with Crippen LogP contribution in [0.2, 0.25) is 0 Å². The minimum Gasteiger partial charge on any atom is -0.365 e. The molecule has 5 N–H and O–H groups in total. The molecule has 0 bridgehead atoms. The third kappa shape index (κ3) is 3.88. The average molecular weight is 325 g/mol. The van der Waals surface area contributed by atoms with Gasteiger partial charge in [-0.25, -0.2) is 0 Å². The van der Waals surface area contributed by atoms with Crippen molar-refractivity contribution in [3.63, 3.8) is 0 Å². The summed E-state index contributed by atoms with van der Waals surface area (Å²) in [5.41, 5.74) is 14.0. The van der Waals surface area contributed by atoms with Crippen molar-refractivity contribution in [2.75, 3.05) is 6.54 Å². The maximum absolute atomic E-state index is 11.6. The number of azide groups is 1. The zero-order chi connectivity index (χ0) is 16.7. The molecule has 1 rings (SSSR count). The summed E-state index contributed by atoms with van der Waals surface area (Å²) in [5, 5.41) is 14.2. The summed E-state index contributed by atoms with van der Waals surface area (Å²) in [6.07, 6.45) is 1.10. The second-order valence-electron chi connectivity index (χ2n) is 3.93. The zero-order valence-electron chi connectivity index (χ0n) is 10.9. The van der Waals surface area contributed by atoms with Crippen LogP contribution in [-0.2, 0) is 9.59 Å². The predicted molar refractivity (Wildman–Crippen MR) is 77.9 cm³/mol. The molecule has 0 saturated heterocycles. The summed E-state index contributed by atoms with van der Waals surface area (Å²) < 4.78 is 0. The third-order valence-corrected chi connectivity index (χ3v) is 2.99. The Morgan fingerprint density at radius 3 is 2.77 bits per heavy atom. The summed E-state index contributed by atoms with van der Waals surface area (Å²) in [6.45, 7) is -0.192. The first kappa shape index (κ1) is 17.3. The van der Waals surface area contributed by atoms with Gasteiger partial charge in [-0.15, -0.1) is 17.5 Å². The molecule has 1 aliphatic heterocycles. The molecule has 1 heterocycles. The molecule has 13 heteroatoms. The standard InChI is InChI=1S/C9H11N9O3S/c10-4(2-13-17-11)6-3(7(19)16-21)1-5(14-9(6)22)8(20)15-18-12/h1,4-5,14,22H,2,10H2,(H2,12,15,20). The summed E-state index contributed by atoms with van der Waals surface area (Å²) in [6, 6.07) is -2.05. The van der Waals surface area contributed by atoms with E-state index < -0.39 is 23.9 Å². The second kappa shape index (κ2) is 7.87. The van der Waals surface area contributed by atoms with E-state index in [0.717, 1.165) is 6.08 Å². The number of hydrogen-bond donors (Lipinski definition) is 4. The molecule has 0 saturated carbocycles. The zero-order valence-corrected chi connectivity index (χ0v) is 11.8. The molecule has 22 heavy (non-hydrogen) atoms. The van der Waals surface area contributed by atoms with E-state index >= 15 is 0 Å². The number of dihydropyridines is 1. The van der Waals surface area contributed by atoms with Crippen LogP contribution in [0.4, 0.5) is 0 Å². The lowest BCUT2D eigenvalue weighted by molar-refractivity contribution is -0.119. The smallest absolute Gasteiger partial charge is 0.316 e. The van der Waals surface area contributed by atoms with Crippen LogP contribution in [0.25, 0.3) is 10.4 Å². The molecule has 116 valence electrons. The summed E-state index contributed by atoms with van der Waals surface area (Å²) in [4.78, 5) is 36.3. The van der Waals surface area contributed by atoms with E-state index in [9.17, 15) is 14.5 Å². The number of nitrogens with zero attached hydrogens (tertiary/aromatic N) is 6. The molecule has 2 amide bonds. The van der Waals surface area contributed by atoms with Crippen LogP contribution in [0.1, 0.15) is 0 Å². The first-order valence-corrected chi connectivity index (χ1v) is 6.11. The molecule has 0 spiro atoms. The van der Waals surface area contributed by atoms with Gasteiger partial charge < -0.3 is 16.9 Å². The van der Waals surface area contributed by atoms with Gasteiger partial charge in [-0.1, -0.05) is 15.5 Å². The lowest BCUT2D eigenvalue weighted by atomic mass is 9.94. The number of nitrogens with two attached hydrogens (primary N) is 2. The van der Waals surface area contributed by atoms with Crippen molar-refractivity contribution in [3.05, 3.63) is 37.6 Å². The average Bonchev–Trinajstić information content (AvgIpc) is 2.51. The Labute approximate surface area is 128 Å². The molecule has 2 unspecified atom stereocenters. The van der Waals surface area contributed by atoms with Crippen LogP contribution < -0.4 is 16.9 Å². The van der Waals surface area contributed by atoms with Gasteiger partial charge in [0.05, 0.1) is 10.6 Å². The van der Waals surface area contributed by atoms with E-state index in [1.165, 1.54) is 0 Å². The van der Waals surface area contributed by atoms with Crippen molar-refractivity contribution in [2.45, 2.75) is 12.1 Å². The SMILES string of the molecule is [N-]=[N+]=NCC(N)C1=C(S)NC(C(=O)N=NN)C=C1C(=O)N=O. The topological polar surface area (TPSA) is 201 Å². The lowest BCUT2D eigenvalue weighted by Gasteiger charge is -2.26. The first-order chi connectivity index (χ1) is 10.5. The largest absolute Gasteiger partial charge is 0.365 e. The summed E-state index contributed by atoms with van der Waals surface area (Å²) in [7, 11) is 0. The molecular formula is C9H11N9O3S. The second-order valence-corrected chi connectivity index (χ2v) is 4.38. The summed E-state index contributed by atoms with van der Waals surface area (Å²) >= 11 is 4.09. The molecule has 2 atom stereocenters. The highest BCUT2D eigenvalue weighted by Crippen LogP contribution is 2.26. The molecule has 12 nitrogen and oxygen atoms in total. The maximum atomic E-state index is 11.6. The van der Waals surface area contributed by atoms with E-state index in [1.54, 1.807) is 0 Å². The molecular weight excluding hydrogens is 314 g/mol. The maximum Gasteiger partial charge on any atom is 0.316 e. The molecule has 1 aliphatic rings. The van der Waals surface area contributed by atoms with Crippen molar-refractivity contribution in [1.29, 1.82) is 0 Å². The Kier molecular flexibility index (Phi) is 6.19. The van der Waals surface area contributed by atoms with Crippen LogP contribution in [0, 0.1) is 4.91 Å². The fraction of sp³-hybridized carbons (Fsp3) is 0.333. The van der Waals surface area contributed by atoms with E-state index in [4.69, 9.17) is 17.1 Å². The number of nitrogens with one attached hydrogen (secondary N) is 1. The van der Waals surface area contributed by atoms with E-state index in [-0.39, 0.29) is 22.7 Å². The molecule has 0 aromatic rings. The van der Waals surface area contributed by atoms with Gasteiger partial charge in [0.15, 0.2) is 0 Å². The van der Waals surface area contributed by atoms with Gasteiger partial charge >= 0.3 is 5.91 Å². The molecule has 0 fully saturated rings. The van der Waals surface area contributed by atoms with Gasteiger partial charge in [0.2, 0.25) is 0 Å². The van der Waals surface area contributed by atoms with Crippen LogP contribution in [0.15, 0.2) is 42.9 Å². The van der Waals surface area contributed by atoms with Crippen LogP contribution in [0.5, 0.6) is 0 Å². The van der Waals surface area contributed by atoms with Crippen molar-refractivity contribution in [3.8, 4) is 0 Å². The Morgan fingerprint density at radius 1 is 1.55 bits per heavy atom. The predicted octanol–water partition coefficient (Wildman–Crippen LogP) is -0.191. The highest BCUT2D eigenvalue weighted by Gasteiger charge is 2.31. The Balaban J connectivity index is 3.25. The van der Waals surface area contributed by atoms with Gasteiger partial charge in [0, 0.05) is 28.2 Å². The van der Waals surface area contributed by atoms with E-state index in [1.807, 2.05) is 0 Å². The molecule has 0 radical (unpaired) electrons. The van der Waals surface area contributed by atoms with Gasteiger partial charge in [-0.05, 0) is 11.6 Å². The van der Waals surface area contributed by atoms with Crippen LogP contribution >= 0.6 is 12.6 Å². The number of carbonyl (C=O) groups is 2. The van der Waals surface area contributed by atoms with Crippen molar-refractivity contribution in [2.24, 2.45) is 32.2 Å². The third-order valence-electron chi connectivity index (χ3n) is 2.62. The molecule has 0 aliphatic carbocycles. The van der Waals surface area contributed by atoms with Gasteiger partial charge in [-0.2, -0.15) is 0 Å². The fourth-order valence-corrected chi connectivity index (χ4v) is 2.15. The van der Waals surface area contributed by atoms with Crippen molar-refractivity contribution < 1.29 is 9.59 Å². The van der Waals surface area contributed by atoms with E-state index in [2.05, 4.69) is 43.5 Å². The number of carbonyl (C=O) groups excluding carboxylic acids is 2. The Bertz CT molecular complexity index is 634. The number of amides is 2. The normalized spacial score (nSPS) is 19.0. The monoisotopic (exact) mass is 325 g/mol. The Morgan fingerprint density at radius 2 is 2.23 bits per heavy atom. The minimum atomic E-state index is -1.15. The van der Waals surface area contributed by atoms with Gasteiger partial charge in [-0.3, -0.25) is 9.59 Å². The number of hydrogen-bond acceptors (Lipinski definition) is 8. The van der Waals surface area contributed by atoms with Gasteiger partial charge in [0.1, 0.15) is 6.04 Å². The quantitative estimate of drug-likeness (QED) is 0.102. The summed E-state index contributed by atoms with van der Waals surface area (Å²) in [5.74, 6) is 2.81. The Hall–Kier alpha value is -2.76. The number of rotatable bonds is 5. The van der Waals surface area contributed by atoms with Crippen LogP contribution in [0.3, 0.4) is 0 Å². The minimum absolute atomic E-state index is 0.0423. The lowest BCUT2D eigenvalue weighted by Crippen LogP contribution is -2.41.